The first-order valence-corrected chi connectivity index (χ1v) is 8.32. The summed E-state index contributed by atoms with van der Waals surface area (Å²) in [6.45, 7) is 6.46. The number of aromatic nitrogens is 1. The quantitative estimate of drug-likeness (QED) is 0.877. The smallest absolute Gasteiger partial charge is 0.0965 e. The van der Waals surface area contributed by atoms with Gasteiger partial charge >= 0.3 is 0 Å². The van der Waals surface area contributed by atoms with Gasteiger partial charge in [0.2, 0.25) is 0 Å². The van der Waals surface area contributed by atoms with Crippen LogP contribution in [-0.4, -0.2) is 11.5 Å². The van der Waals surface area contributed by atoms with Crippen molar-refractivity contribution >= 4 is 11.3 Å². The molecule has 3 heteroatoms. The van der Waals surface area contributed by atoms with Crippen LogP contribution in [0.25, 0.3) is 0 Å². The number of thiazole rings is 1. The Morgan fingerprint density at radius 3 is 2.78 bits per heavy atom. The fourth-order valence-corrected chi connectivity index (χ4v) is 5.09. The maximum absolute atomic E-state index is 4.96. The van der Waals surface area contributed by atoms with Gasteiger partial charge in [0.05, 0.1) is 10.7 Å². The van der Waals surface area contributed by atoms with Crippen LogP contribution in [0, 0.1) is 11.8 Å². The summed E-state index contributed by atoms with van der Waals surface area (Å²) < 4.78 is 0. The third kappa shape index (κ3) is 2.23. The normalized spacial score (nSPS) is 30.2. The van der Waals surface area contributed by atoms with Gasteiger partial charge in [-0.05, 0) is 44.1 Å². The molecule has 1 aromatic rings. The maximum atomic E-state index is 4.96. The zero-order valence-electron chi connectivity index (χ0n) is 11.5. The average Bonchev–Trinajstić information content (AvgIpc) is 3.09. The number of nitrogens with zero attached hydrogens (tertiary/aromatic N) is 1. The second-order valence-corrected chi connectivity index (χ2v) is 6.95. The van der Waals surface area contributed by atoms with Gasteiger partial charge in [0.1, 0.15) is 0 Å². The number of rotatable bonds is 5. The SMILES string of the molecule is CCNCc1sc(C2CC3CCC2C3)nc1CC. The highest BCUT2D eigenvalue weighted by Gasteiger charge is 2.41. The Morgan fingerprint density at radius 2 is 2.17 bits per heavy atom. The van der Waals surface area contributed by atoms with E-state index in [1.807, 2.05) is 11.3 Å². The minimum Gasteiger partial charge on any atom is -0.312 e. The number of hydrogen-bond acceptors (Lipinski definition) is 3. The molecule has 1 N–H and O–H groups in total. The first-order valence-electron chi connectivity index (χ1n) is 7.51. The lowest BCUT2D eigenvalue weighted by Gasteiger charge is -2.18. The molecule has 3 atom stereocenters. The standard InChI is InChI=1S/C15H24N2S/c1-3-13-14(9-16-4-2)18-15(17-13)12-8-10-5-6-11(12)7-10/h10-12,16H,3-9H2,1-2H3. The maximum Gasteiger partial charge on any atom is 0.0965 e. The second kappa shape index (κ2) is 5.30. The molecule has 0 aromatic carbocycles. The second-order valence-electron chi connectivity index (χ2n) is 5.84. The first-order chi connectivity index (χ1) is 8.81. The molecular weight excluding hydrogens is 240 g/mol. The van der Waals surface area contributed by atoms with Crippen molar-refractivity contribution in [3.8, 4) is 0 Å². The van der Waals surface area contributed by atoms with E-state index in [-0.39, 0.29) is 0 Å². The summed E-state index contributed by atoms with van der Waals surface area (Å²) in [6, 6.07) is 0. The van der Waals surface area contributed by atoms with Crippen molar-refractivity contribution in [3.05, 3.63) is 15.6 Å². The zero-order chi connectivity index (χ0) is 12.5. The third-order valence-corrected chi connectivity index (χ3v) is 5.95. The molecule has 2 fully saturated rings. The van der Waals surface area contributed by atoms with Gasteiger partial charge in [-0.25, -0.2) is 4.98 Å². The van der Waals surface area contributed by atoms with Crippen LogP contribution in [0.15, 0.2) is 0 Å². The van der Waals surface area contributed by atoms with Crippen molar-refractivity contribution < 1.29 is 0 Å². The predicted octanol–water partition coefficient (Wildman–Crippen LogP) is 3.72. The lowest BCUT2D eigenvalue weighted by atomic mass is 9.89. The van der Waals surface area contributed by atoms with E-state index in [1.54, 1.807) is 0 Å². The van der Waals surface area contributed by atoms with Crippen molar-refractivity contribution in [1.82, 2.24) is 10.3 Å². The molecule has 2 bridgehead atoms. The molecule has 0 spiro atoms. The van der Waals surface area contributed by atoms with Crippen LogP contribution in [0.5, 0.6) is 0 Å². The Hall–Kier alpha value is -0.410. The molecule has 3 unspecified atom stereocenters. The molecule has 2 aliphatic carbocycles. The van der Waals surface area contributed by atoms with Gasteiger partial charge in [0.15, 0.2) is 0 Å². The molecule has 1 heterocycles. The Bertz CT molecular complexity index is 413. The van der Waals surface area contributed by atoms with E-state index in [4.69, 9.17) is 4.98 Å². The highest BCUT2D eigenvalue weighted by atomic mass is 32.1. The summed E-state index contributed by atoms with van der Waals surface area (Å²) in [5, 5.41) is 4.90. The summed E-state index contributed by atoms with van der Waals surface area (Å²) in [4.78, 5) is 6.44. The van der Waals surface area contributed by atoms with E-state index in [2.05, 4.69) is 19.2 Å². The van der Waals surface area contributed by atoms with E-state index in [1.165, 1.54) is 41.3 Å². The third-order valence-electron chi connectivity index (χ3n) is 4.72. The molecule has 18 heavy (non-hydrogen) atoms. The fraction of sp³-hybridized carbons (Fsp3) is 0.800. The van der Waals surface area contributed by atoms with E-state index in [0.29, 0.717) is 0 Å². The van der Waals surface area contributed by atoms with E-state index in [9.17, 15) is 0 Å². The molecule has 0 aliphatic heterocycles. The topological polar surface area (TPSA) is 24.9 Å². The van der Waals surface area contributed by atoms with Gasteiger partial charge in [-0.1, -0.05) is 20.3 Å². The van der Waals surface area contributed by atoms with Gasteiger partial charge in [0.25, 0.3) is 0 Å². The van der Waals surface area contributed by atoms with Crippen molar-refractivity contribution in [2.75, 3.05) is 6.54 Å². The first kappa shape index (κ1) is 12.6. The van der Waals surface area contributed by atoms with Crippen molar-refractivity contribution in [2.24, 2.45) is 11.8 Å². The predicted molar refractivity (Wildman–Crippen MR) is 77.1 cm³/mol. The minimum atomic E-state index is 0.800. The molecular formula is C15H24N2S. The van der Waals surface area contributed by atoms with Crippen LogP contribution in [0.4, 0.5) is 0 Å². The molecule has 0 saturated heterocycles. The Balaban J connectivity index is 1.78. The van der Waals surface area contributed by atoms with Crippen molar-refractivity contribution in [3.63, 3.8) is 0 Å². The Morgan fingerprint density at radius 1 is 1.28 bits per heavy atom. The van der Waals surface area contributed by atoms with Gasteiger partial charge < -0.3 is 5.32 Å². The zero-order valence-corrected chi connectivity index (χ0v) is 12.4. The minimum absolute atomic E-state index is 0.800. The number of nitrogens with one attached hydrogen (secondary N) is 1. The summed E-state index contributed by atoms with van der Waals surface area (Å²) in [5.41, 5.74) is 1.35. The fourth-order valence-electron chi connectivity index (χ4n) is 3.76. The summed E-state index contributed by atoms with van der Waals surface area (Å²) in [7, 11) is 0. The molecule has 2 aliphatic rings. The molecule has 0 amide bonds. The largest absolute Gasteiger partial charge is 0.312 e. The van der Waals surface area contributed by atoms with Gasteiger partial charge in [-0.3, -0.25) is 0 Å². The van der Waals surface area contributed by atoms with Gasteiger partial charge in [-0.2, -0.15) is 0 Å². The Kier molecular flexibility index (Phi) is 3.71. The van der Waals surface area contributed by atoms with Crippen molar-refractivity contribution in [2.45, 2.75) is 58.4 Å². The number of aryl methyl sites for hydroxylation is 1. The molecule has 100 valence electrons. The van der Waals surface area contributed by atoms with Crippen LogP contribution in [0.2, 0.25) is 0 Å². The van der Waals surface area contributed by atoms with Crippen LogP contribution >= 0.6 is 11.3 Å². The van der Waals surface area contributed by atoms with E-state index in [0.717, 1.165) is 37.3 Å². The lowest BCUT2D eigenvalue weighted by Crippen LogP contribution is -2.11. The van der Waals surface area contributed by atoms with Gasteiger partial charge in [-0.15, -0.1) is 11.3 Å². The lowest BCUT2D eigenvalue weighted by molar-refractivity contribution is 0.418. The van der Waals surface area contributed by atoms with Crippen LogP contribution in [-0.2, 0) is 13.0 Å². The molecule has 1 aromatic heterocycles. The van der Waals surface area contributed by atoms with Crippen LogP contribution in [0.1, 0.15) is 61.0 Å². The molecule has 3 rings (SSSR count). The molecule has 2 nitrogen and oxygen atoms in total. The highest BCUT2D eigenvalue weighted by Crippen LogP contribution is 2.53. The van der Waals surface area contributed by atoms with E-state index >= 15 is 0 Å². The van der Waals surface area contributed by atoms with Crippen LogP contribution < -0.4 is 5.32 Å². The summed E-state index contributed by atoms with van der Waals surface area (Å²) in [6.07, 6.45) is 6.92. The number of hydrogen-bond donors (Lipinski definition) is 1. The van der Waals surface area contributed by atoms with Crippen molar-refractivity contribution in [1.29, 1.82) is 0 Å². The summed E-state index contributed by atoms with van der Waals surface area (Å²) in [5.74, 6) is 2.78. The van der Waals surface area contributed by atoms with Crippen LogP contribution in [0.3, 0.4) is 0 Å². The molecule has 0 radical (unpaired) electrons. The molecule has 2 saturated carbocycles. The number of fused-ring (bicyclic) bond motifs is 2. The average molecular weight is 264 g/mol. The summed E-state index contributed by atoms with van der Waals surface area (Å²) >= 11 is 1.99. The van der Waals surface area contributed by atoms with E-state index < -0.39 is 0 Å². The Labute approximate surface area is 114 Å². The monoisotopic (exact) mass is 264 g/mol. The van der Waals surface area contributed by atoms with Gasteiger partial charge in [0, 0.05) is 17.3 Å². The highest BCUT2D eigenvalue weighted by molar-refractivity contribution is 7.11.